The van der Waals surface area contributed by atoms with Gasteiger partial charge in [-0.05, 0) is 24.6 Å². The number of para-hydroxylation sites is 1. The molecule has 2 aromatic carbocycles. The summed E-state index contributed by atoms with van der Waals surface area (Å²) in [4.78, 5) is 1.29. The number of fused-ring (bicyclic) bond motifs is 1. The lowest BCUT2D eigenvalue weighted by molar-refractivity contribution is 0.816. The highest BCUT2D eigenvalue weighted by Crippen LogP contribution is 2.50. The van der Waals surface area contributed by atoms with Crippen LogP contribution in [-0.2, 0) is 4.87 Å². The third kappa shape index (κ3) is 1.50. The van der Waals surface area contributed by atoms with Gasteiger partial charge in [-0.2, -0.15) is 0 Å². The summed E-state index contributed by atoms with van der Waals surface area (Å²) >= 11 is 1.88. The zero-order valence-electron chi connectivity index (χ0n) is 9.10. The summed E-state index contributed by atoms with van der Waals surface area (Å²) < 4.78 is 0. The Balaban J connectivity index is 2.01. The van der Waals surface area contributed by atoms with Crippen LogP contribution < -0.4 is 5.32 Å². The molecule has 0 aliphatic carbocycles. The fraction of sp³-hybridized carbons (Fsp3) is 0.143. The molecular formula is C14H13NS. The molecule has 1 nitrogen and oxygen atoms in total. The first-order valence-corrected chi connectivity index (χ1v) is 6.21. The fourth-order valence-corrected chi connectivity index (χ4v) is 3.28. The van der Waals surface area contributed by atoms with Gasteiger partial charge >= 0.3 is 0 Å². The zero-order chi connectivity index (χ0) is 11.0. The number of hydrogen-bond donors (Lipinski definition) is 1. The second-order valence-corrected chi connectivity index (χ2v) is 5.58. The van der Waals surface area contributed by atoms with Gasteiger partial charge in [-0.15, -0.1) is 0 Å². The standard InChI is InChI=1S/C14H13NS/c1-14(11-7-3-2-4-8-11)15-12-9-5-6-10-13(12)16-14/h2-10,15H,1H3/t14-/m0/s1. The van der Waals surface area contributed by atoms with Crippen molar-refractivity contribution in [2.24, 2.45) is 0 Å². The molecular weight excluding hydrogens is 214 g/mol. The normalized spacial score (nSPS) is 22.6. The summed E-state index contributed by atoms with van der Waals surface area (Å²) in [6.07, 6.45) is 0. The second-order valence-electron chi connectivity index (χ2n) is 4.12. The summed E-state index contributed by atoms with van der Waals surface area (Å²) in [5.74, 6) is 0. The van der Waals surface area contributed by atoms with Crippen LogP contribution in [0.5, 0.6) is 0 Å². The number of hydrogen-bond acceptors (Lipinski definition) is 2. The van der Waals surface area contributed by atoms with Gasteiger partial charge in [-0.25, -0.2) is 0 Å². The van der Waals surface area contributed by atoms with Crippen molar-refractivity contribution >= 4 is 17.4 Å². The van der Waals surface area contributed by atoms with Crippen LogP contribution in [-0.4, -0.2) is 0 Å². The highest BCUT2D eigenvalue weighted by molar-refractivity contribution is 8.00. The number of thioether (sulfide) groups is 1. The Morgan fingerprint density at radius 2 is 1.62 bits per heavy atom. The van der Waals surface area contributed by atoms with E-state index in [4.69, 9.17) is 0 Å². The number of anilines is 1. The first-order chi connectivity index (χ1) is 7.78. The van der Waals surface area contributed by atoms with E-state index in [1.807, 2.05) is 11.8 Å². The van der Waals surface area contributed by atoms with E-state index < -0.39 is 0 Å². The lowest BCUT2D eigenvalue weighted by atomic mass is 10.1. The Hall–Kier alpha value is -1.41. The average molecular weight is 227 g/mol. The molecule has 0 saturated heterocycles. The minimum Gasteiger partial charge on any atom is -0.366 e. The molecule has 0 radical (unpaired) electrons. The van der Waals surface area contributed by atoms with Crippen LogP contribution >= 0.6 is 11.8 Å². The van der Waals surface area contributed by atoms with Crippen molar-refractivity contribution in [2.45, 2.75) is 16.7 Å². The highest BCUT2D eigenvalue weighted by atomic mass is 32.2. The third-order valence-electron chi connectivity index (χ3n) is 2.90. The Labute approximate surface area is 99.9 Å². The van der Waals surface area contributed by atoms with Crippen LogP contribution in [0.2, 0.25) is 0 Å². The Kier molecular flexibility index (Phi) is 2.18. The quantitative estimate of drug-likeness (QED) is 0.788. The van der Waals surface area contributed by atoms with Gasteiger partial charge < -0.3 is 5.32 Å². The Bertz CT molecular complexity index is 482. The van der Waals surface area contributed by atoms with Gasteiger partial charge in [0.1, 0.15) is 4.87 Å². The lowest BCUT2D eigenvalue weighted by Gasteiger charge is -2.24. The van der Waals surface area contributed by atoms with Gasteiger partial charge in [-0.3, -0.25) is 0 Å². The third-order valence-corrected chi connectivity index (χ3v) is 4.22. The van der Waals surface area contributed by atoms with Crippen molar-refractivity contribution < 1.29 is 0 Å². The van der Waals surface area contributed by atoms with Crippen LogP contribution in [0.15, 0.2) is 59.5 Å². The monoisotopic (exact) mass is 227 g/mol. The van der Waals surface area contributed by atoms with Gasteiger partial charge in [0, 0.05) is 10.6 Å². The molecule has 1 aliphatic heterocycles. The van der Waals surface area contributed by atoms with Crippen LogP contribution in [0, 0.1) is 0 Å². The maximum atomic E-state index is 3.59. The maximum absolute atomic E-state index is 3.59. The predicted octanol–water partition coefficient (Wildman–Crippen LogP) is 4.08. The highest BCUT2D eigenvalue weighted by Gasteiger charge is 2.34. The van der Waals surface area contributed by atoms with Gasteiger partial charge in [-0.1, -0.05) is 54.2 Å². The zero-order valence-corrected chi connectivity index (χ0v) is 9.92. The van der Waals surface area contributed by atoms with Crippen LogP contribution in [0.25, 0.3) is 0 Å². The molecule has 0 bridgehead atoms. The van der Waals surface area contributed by atoms with E-state index in [1.54, 1.807) is 0 Å². The fourth-order valence-electron chi connectivity index (χ4n) is 2.05. The molecule has 0 unspecified atom stereocenters. The van der Waals surface area contributed by atoms with Crippen molar-refractivity contribution in [1.82, 2.24) is 0 Å². The van der Waals surface area contributed by atoms with E-state index in [-0.39, 0.29) is 4.87 Å². The van der Waals surface area contributed by atoms with E-state index in [0.717, 1.165) is 0 Å². The summed E-state index contributed by atoms with van der Waals surface area (Å²) in [5.41, 5.74) is 2.55. The van der Waals surface area contributed by atoms with Gasteiger partial charge in [0.15, 0.2) is 0 Å². The van der Waals surface area contributed by atoms with Crippen LogP contribution in [0.4, 0.5) is 5.69 Å². The van der Waals surface area contributed by atoms with E-state index in [9.17, 15) is 0 Å². The van der Waals surface area contributed by atoms with E-state index in [0.29, 0.717) is 0 Å². The Morgan fingerprint density at radius 3 is 2.38 bits per heavy atom. The molecule has 1 atom stereocenters. The molecule has 0 saturated carbocycles. The van der Waals surface area contributed by atoms with Crippen molar-refractivity contribution in [3.63, 3.8) is 0 Å². The summed E-state index contributed by atoms with van der Waals surface area (Å²) in [6.45, 7) is 2.23. The first-order valence-electron chi connectivity index (χ1n) is 5.40. The molecule has 0 aromatic heterocycles. The molecule has 0 fully saturated rings. The summed E-state index contributed by atoms with van der Waals surface area (Å²) in [5, 5.41) is 3.59. The SMILES string of the molecule is C[C@]1(c2ccccc2)Nc2ccccc2S1. The molecule has 1 N–H and O–H groups in total. The minimum atomic E-state index is -0.0368. The molecule has 0 amide bonds. The number of rotatable bonds is 1. The average Bonchev–Trinajstić information content (AvgIpc) is 2.68. The predicted molar refractivity (Wildman–Crippen MR) is 69.7 cm³/mol. The van der Waals surface area contributed by atoms with Crippen molar-refractivity contribution in [3.05, 3.63) is 60.2 Å². The maximum Gasteiger partial charge on any atom is 0.111 e. The van der Waals surface area contributed by atoms with Crippen LogP contribution in [0.3, 0.4) is 0 Å². The topological polar surface area (TPSA) is 12.0 Å². The van der Waals surface area contributed by atoms with E-state index in [1.165, 1.54) is 16.1 Å². The van der Waals surface area contributed by atoms with Gasteiger partial charge in [0.2, 0.25) is 0 Å². The molecule has 2 heteroatoms. The summed E-state index contributed by atoms with van der Waals surface area (Å²) in [6, 6.07) is 19.0. The van der Waals surface area contributed by atoms with E-state index in [2.05, 4.69) is 66.8 Å². The molecule has 3 rings (SSSR count). The molecule has 2 aromatic rings. The Morgan fingerprint density at radius 1 is 0.938 bits per heavy atom. The van der Waals surface area contributed by atoms with Crippen molar-refractivity contribution in [3.8, 4) is 0 Å². The second kappa shape index (κ2) is 3.56. The summed E-state index contributed by atoms with van der Waals surface area (Å²) in [7, 11) is 0. The first kappa shape index (κ1) is 9.79. The lowest BCUT2D eigenvalue weighted by Crippen LogP contribution is -2.23. The largest absolute Gasteiger partial charge is 0.366 e. The smallest absolute Gasteiger partial charge is 0.111 e. The number of nitrogens with one attached hydrogen (secondary N) is 1. The van der Waals surface area contributed by atoms with Gasteiger partial charge in [0.25, 0.3) is 0 Å². The number of benzene rings is 2. The molecule has 80 valence electrons. The molecule has 0 spiro atoms. The molecule has 16 heavy (non-hydrogen) atoms. The van der Waals surface area contributed by atoms with E-state index >= 15 is 0 Å². The molecule has 1 heterocycles. The minimum absolute atomic E-state index is 0.0368. The van der Waals surface area contributed by atoms with Crippen molar-refractivity contribution in [2.75, 3.05) is 5.32 Å². The van der Waals surface area contributed by atoms with Gasteiger partial charge in [0.05, 0.1) is 0 Å². The van der Waals surface area contributed by atoms with Crippen LogP contribution in [0.1, 0.15) is 12.5 Å². The van der Waals surface area contributed by atoms with Crippen molar-refractivity contribution in [1.29, 1.82) is 0 Å². The molecule has 1 aliphatic rings.